The number of allylic oxidation sites excluding steroid dienone is 1. The first-order valence-corrected chi connectivity index (χ1v) is 14.2. The molecule has 13 nitrogen and oxygen atoms in total. The maximum atomic E-state index is 13.4. The Labute approximate surface area is 216 Å². The molecule has 37 heavy (non-hydrogen) atoms. The fraction of sp³-hybridized carbons (Fsp3) is 0.739. The van der Waals surface area contributed by atoms with Gasteiger partial charge in [0.15, 0.2) is 6.10 Å². The summed E-state index contributed by atoms with van der Waals surface area (Å²) in [5, 5.41) is 2.77. The van der Waals surface area contributed by atoms with Crippen molar-refractivity contribution in [2.45, 2.75) is 69.1 Å². The van der Waals surface area contributed by atoms with Crippen molar-refractivity contribution in [2.24, 2.45) is 11.7 Å². The summed E-state index contributed by atoms with van der Waals surface area (Å²) in [5.41, 5.74) is 3.75. The molecule has 206 valence electrons. The van der Waals surface area contributed by atoms with E-state index in [0.717, 1.165) is 17.1 Å². The second-order valence-corrected chi connectivity index (χ2v) is 11.6. The van der Waals surface area contributed by atoms with Crippen molar-refractivity contribution >= 4 is 34.0 Å². The van der Waals surface area contributed by atoms with Crippen LogP contribution in [0, 0.1) is 5.92 Å². The molecule has 4 unspecified atom stereocenters. The van der Waals surface area contributed by atoms with Crippen LogP contribution in [-0.2, 0) is 34.1 Å². The molecule has 0 aromatic rings. The lowest BCUT2D eigenvalue weighted by Gasteiger charge is -2.30. The Morgan fingerprint density at radius 1 is 1.11 bits per heavy atom. The quantitative estimate of drug-likeness (QED) is 0.400. The Kier molecular flexibility index (Phi) is 8.39. The van der Waals surface area contributed by atoms with E-state index < -0.39 is 51.7 Å². The highest BCUT2D eigenvalue weighted by molar-refractivity contribution is 7.87. The zero-order valence-corrected chi connectivity index (χ0v) is 21.5. The van der Waals surface area contributed by atoms with Gasteiger partial charge in [-0.15, -0.1) is 0 Å². The minimum Gasteiger partial charge on any atom is -0.436 e. The molecule has 0 aromatic carbocycles. The molecule has 3 heterocycles. The zero-order chi connectivity index (χ0) is 26.6. The molecule has 4 aliphatic rings. The number of nitrogens with one attached hydrogen (secondary N) is 2. The number of primary amides is 1. The average Bonchev–Trinajstić information content (AvgIpc) is 3.32. The molecule has 0 bridgehead atoms. The summed E-state index contributed by atoms with van der Waals surface area (Å²) < 4.78 is 39.2. The van der Waals surface area contributed by atoms with E-state index in [4.69, 9.17) is 15.2 Å². The lowest BCUT2D eigenvalue weighted by atomic mass is 10.1. The second-order valence-electron chi connectivity index (χ2n) is 9.90. The predicted octanol–water partition coefficient (Wildman–Crippen LogP) is -0.470. The van der Waals surface area contributed by atoms with Crippen molar-refractivity contribution in [3.63, 3.8) is 0 Å². The van der Waals surface area contributed by atoms with Gasteiger partial charge in [-0.2, -0.15) is 12.7 Å². The van der Waals surface area contributed by atoms with Gasteiger partial charge in [0.1, 0.15) is 11.6 Å². The Balaban J connectivity index is 1.55. The van der Waals surface area contributed by atoms with E-state index in [0.29, 0.717) is 38.6 Å². The monoisotopic (exact) mass is 541 g/mol. The fourth-order valence-corrected chi connectivity index (χ4v) is 6.41. The van der Waals surface area contributed by atoms with Crippen LogP contribution in [0.3, 0.4) is 0 Å². The number of fused-ring (bicyclic) bond motifs is 2. The number of amides is 4. The number of hydrogen-bond donors (Lipinski definition) is 3. The first kappa shape index (κ1) is 27.3. The topological polar surface area (TPSA) is 177 Å². The van der Waals surface area contributed by atoms with Crippen LogP contribution in [0.5, 0.6) is 0 Å². The van der Waals surface area contributed by atoms with Crippen LogP contribution in [0.4, 0.5) is 4.79 Å². The molecular formula is C23H35N5O8S. The number of carbonyl (C=O) groups is 4. The maximum Gasteiger partial charge on any atom is 0.405 e. The summed E-state index contributed by atoms with van der Waals surface area (Å²) in [4.78, 5) is 52.8. The Bertz CT molecular complexity index is 1040. The molecule has 4 N–H and O–H groups in total. The van der Waals surface area contributed by atoms with E-state index in [1.54, 1.807) is 0 Å². The summed E-state index contributed by atoms with van der Waals surface area (Å²) in [7, 11) is -4.12. The number of nitrogens with two attached hydrogens (primary N) is 1. The molecule has 3 fully saturated rings. The summed E-state index contributed by atoms with van der Waals surface area (Å²) in [6.45, 7) is 1.00. The second kappa shape index (κ2) is 11.4. The third-order valence-electron chi connectivity index (χ3n) is 7.38. The molecule has 0 aromatic heterocycles. The van der Waals surface area contributed by atoms with Gasteiger partial charge in [-0.25, -0.2) is 9.52 Å². The van der Waals surface area contributed by atoms with Crippen LogP contribution in [0.25, 0.3) is 0 Å². The highest BCUT2D eigenvalue weighted by Crippen LogP contribution is 2.45. The van der Waals surface area contributed by atoms with E-state index in [1.807, 2.05) is 12.2 Å². The number of rotatable bonds is 4. The Morgan fingerprint density at radius 3 is 2.59 bits per heavy atom. The fourth-order valence-electron chi connectivity index (χ4n) is 5.23. The van der Waals surface area contributed by atoms with Crippen molar-refractivity contribution in [2.75, 3.05) is 32.8 Å². The number of ether oxygens (including phenoxy) is 2. The largest absolute Gasteiger partial charge is 0.436 e. The van der Waals surface area contributed by atoms with Crippen molar-refractivity contribution in [1.29, 1.82) is 0 Å². The van der Waals surface area contributed by atoms with Gasteiger partial charge in [0.25, 0.3) is 11.8 Å². The molecule has 14 heteroatoms. The summed E-state index contributed by atoms with van der Waals surface area (Å²) in [6, 6.07) is -0.873. The first-order chi connectivity index (χ1) is 17.6. The van der Waals surface area contributed by atoms with Crippen LogP contribution in [0.15, 0.2) is 12.2 Å². The molecule has 0 radical (unpaired) electrons. The van der Waals surface area contributed by atoms with Gasteiger partial charge in [-0.05, 0) is 44.9 Å². The lowest BCUT2D eigenvalue weighted by Crippen LogP contribution is -2.59. The van der Waals surface area contributed by atoms with E-state index in [2.05, 4.69) is 10.0 Å². The van der Waals surface area contributed by atoms with Gasteiger partial charge in [0.05, 0.1) is 13.2 Å². The van der Waals surface area contributed by atoms with Gasteiger partial charge in [-0.1, -0.05) is 18.6 Å². The molecule has 3 aliphatic heterocycles. The third-order valence-corrected chi connectivity index (χ3v) is 8.86. The van der Waals surface area contributed by atoms with Gasteiger partial charge >= 0.3 is 16.3 Å². The van der Waals surface area contributed by atoms with Crippen LogP contribution in [-0.4, -0.2) is 92.0 Å². The van der Waals surface area contributed by atoms with Crippen molar-refractivity contribution in [1.82, 2.24) is 19.2 Å². The Hall–Kier alpha value is -2.71. The summed E-state index contributed by atoms with van der Waals surface area (Å²) in [5.74, 6) is -2.23. The van der Waals surface area contributed by atoms with E-state index in [-0.39, 0.29) is 38.6 Å². The molecule has 4 atom stereocenters. The van der Waals surface area contributed by atoms with Crippen molar-refractivity contribution < 1.29 is 37.1 Å². The molecule has 1 saturated carbocycles. The van der Waals surface area contributed by atoms with Gasteiger partial charge in [0, 0.05) is 25.6 Å². The molecule has 4 rings (SSSR count). The molecule has 0 spiro atoms. The van der Waals surface area contributed by atoms with Crippen LogP contribution in [0.1, 0.15) is 51.4 Å². The smallest absolute Gasteiger partial charge is 0.405 e. The zero-order valence-electron chi connectivity index (χ0n) is 20.7. The van der Waals surface area contributed by atoms with Gasteiger partial charge in [0.2, 0.25) is 5.91 Å². The summed E-state index contributed by atoms with van der Waals surface area (Å²) in [6.07, 6.45) is 6.02. The average molecular weight is 542 g/mol. The summed E-state index contributed by atoms with van der Waals surface area (Å²) >= 11 is 0. The van der Waals surface area contributed by atoms with E-state index in [1.165, 1.54) is 4.90 Å². The van der Waals surface area contributed by atoms with Crippen molar-refractivity contribution in [3.8, 4) is 0 Å². The van der Waals surface area contributed by atoms with Crippen molar-refractivity contribution in [3.05, 3.63) is 12.2 Å². The predicted molar refractivity (Wildman–Crippen MR) is 130 cm³/mol. The molecule has 1 aliphatic carbocycles. The number of carbonyl (C=O) groups excluding carboxylic acids is 4. The number of nitrogens with zero attached hydrogens (tertiary/aromatic N) is 2. The third kappa shape index (κ3) is 6.24. The van der Waals surface area contributed by atoms with Gasteiger partial charge < -0.3 is 25.4 Å². The lowest BCUT2D eigenvalue weighted by molar-refractivity contribution is -0.146. The molecular weight excluding hydrogens is 506 g/mol. The standard InChI is InChI=1S/C23H35N5O8S/c24-22(32)36-18-9-5-3-1-2-4-7-16-15-23(16,25-19(29)17-8-6-10-28(17)20(18)30)21(31)26-37(33,34)27-11-13-35-14-12-27/h4,7,16-18H,1-3,5-6,8-15H2,(H2,24,32)(H,25,29)(H,26,31)/b7-4-. The maximum absolute atomic E-state index is 13.4. The SMILES string of the molecule is NC(=O)OC1CCCCC/C=C\C2CC2(C(=O)NS(=O)(=O)N2CCOCC2)NC(=O)C2CCCN2C1=O. The highest BCUT2D eigenvalue weighted by Gasteiger charge is 2.61. The molecule has 2 saturated heterocycles. The molecule has 4 amide bonds. The Morgan fingerprint density at radius 2 is 1.86 bits per heavy atom. The van der Waals surface area contributed by atoms with E-state index >= 15 is 0 Å². The number of morpholine rings is 1. The minimum atomic E-state index is -4.12. The first-order valence-electron chi connectivity index (χ1n) is 12.8. The number of hydrogen-bond acceptors (Lipinski definition) is 8. The van der Waals surface area contributed by atoms with Gasteiger partial charge in [-0.3, -0.25) is 14.4 Å². The van der Waals surface area contributed by atoms with Crippen LogP contribution in [0.2, 0.25) is 0 Å². The minimum absolute atomic E-state index is 0.124. The van der Waals surface area contributed by atoms with Crippen LogP contribution >= 0.6 is 0 Å². The highest BCUT2D eigenvalue weighted by atomic mass is 32.2. The van der Waals surface area contributed by atoms with Crippen LogP contribution < -0.4 is 15.8 Å². The van der Waals surface area contributed by atoms with E-state index in [9.17, 15) is 27.6 Å². The normalized spacial score (nSPS) is 32.6.